The number of carbonyl (C=O) groups is 8. The minimum absolute atomic E-state index is 0.218. The van der Waals surface area contributed by atoms with Gasteiger partial charge in [0.15, 0.2) is 0 Å². The number of esters is 8. The molecule has 24 atom stereocenters. The first kappa shape index (κ1) is 109. The van der Waals surface area contributed by atoms with Crippen LogP contribution in [-0.4, -0.2) is 190 Å². The molecule has 24 nitrogen and oxygen atoms in total. The summed E-state index contributed by atoms with van der Waals surface area (Å²) in [6.45, 7) is 51.7. The second-order valence-electron chi connectivity index (χ2n) is 45.5. The molecule has 4 saturated carbocycles. The lowest BCUT2D eigenvalue weighted by Gasteiger charge is -2.43. The summed E-state index contributed by atoms with van der Waals surface area (Å²) in [5.41, 5.74) is -0.692. The van der Waals surface area contributed by atoms with Gasteiger partial charge < -0.3 is 75.8 Å². The summed E-state index contributed by atoms with van der Waals surface area (Å²) in [5.74, 6) is 0.863. The maximum Gasteiger partial charge on any atom is 0.333 e. The lowest BCUT2D eigenvalue weighted by molar-refractivity contribution is -0.170. The Morgan fingerprint density at radius 3 is 0.710 bits per heavy atom. The molecule has 16 aliphatic heterocycles. The SMILES string of the molecule is C=C(C)C(=O)OC(C)(C)C1CC2CCC1O2.C=C(C)C(=O)OC(CC)(CC)C1CC2CCC1O2.C=C(C)C(=O)OC1(C2CC3CCC2O3)CCCC1.C=C(C)C(=O)OC1(C2CC3CCC2O3)CCCCC1.C=CC(=O)OC(C)(C)C1CC2CCC1O2.C=CC(=O)OC(CC)(CC)C1CC2CCC1O2.C=CC(=O)OC1(C2CC3CCC2O3)CCCC1.C=CC(=O)OC1(C2CC3CCC2O3)CCCCC1. The molecule has 16 saturated heterocycles. The zero-order valence-corrected chi connectivity index (χ0v) is 86.1. The van der Waals surface area contributed by atoms with Gasteiger partial charge in [0.05, 0.1) is 97.7 Å². The fourth-order valence-electron chi connectivity index (χ4n) is 28.6. The highest BCUT2D eigenvalue weighted by Gasteiger charge is 2.62. The van der Waals surface area contributed by atoms with Crippen LogP contribution in [0.4, 0.5) is 0 Å². The molecule has 24 heteroatoms. The van der Waals surface area contributed by atoms with Gasteiger partial charge in [-0.15, -0.1) is 0 Å². The van der Waals surface area contributed by atoms with Crippen molar-refractivity contribution < 1.29 is 114 Å². The fraction of sp³-hybridized carbons (Fsp3) is 0.789. The number of hydrogen-bond donors (Lipinski definition) is 0. The lowest BCUT2D eigenvalue weighted by atomic mass is 9.69. The molecule has 772 valence electrons. The molecule has 0 aromatic heterocycles. The van der Waals surface area contributed by atoms with Gasteiger partial charge >= 0.3 is 47.8 Å². The molecule has 138 heavy (non-hydrogen) atoms. The second kappa shape index (κ2) is 47.0. The molecule has 0 amide bonds. The van der Waals surface area contributed by atoms with Crippen LogP contribution in [-0.2, 0) is 114 Å². The highest BCUT2D eigenvalue weighted by atomic mass is 16.6. The summed E-state index contributed by atoms with van der Waals surface area (Å²) in [6.07, 6.45) is 60.8. The minimum Gasteiger partial charge on any atom is -0.456 e. The summed E-state index contributed by atoms with van der Waals surface area (Å²) in [4.78, 5) is 93.3. The first-order valence-electron chi connectivity index (χ1n) is 54.0. The van der Waals surface area contributed by atoms with E-state index in [4.69, 9.17) is 75.8 Å². The van der Waals surface area contributed by atoms with Crippen LogP contribution in [0.3, 0.4) is 0 Å². The maximum absolute atomic E-state index is 12.0. The number of fused-ring (bicyclic) bond motifs is 16. The molecule has 0 spiro atoms. The first-order chi connectivity index (χ1) is 65.8. The minimum atomic E-state index is -0.449. The molecule has 20 rings (SSSR count). The van der Waals surface area contributed by atoms with Crippen molar-refractivity contribution in [2.24, 2.45) is 47.3 Å². The normalized spacial score (nSPS) is 34.8. The molecular weight excluding hydrogens is 1750 g/mol. The van der Waals surface area contributed by atoms with Crippen LogP contribution in [0.1, 0.15) is 378 Å². The van der Waals surface area contributed by atoms with Gasteiger partial charge in [0.2, 0.25) is 0 Å². The zero-order chi connectivity index (χ0) is 99.5. The van der Waals surface area contributed by atoms with E-state index in [1.54, 1.807) is 27.7 Å². The monoisotopic (exact) mass is 1930 g/mol. The Kier molecular flexibility index (Phi) is 37.0. The van der Waals surface area contributed by atoms with E-state index in [1.807, 2.05) is 27.7 Å². The third-order valence-electron chi connectivity index (χ3n) is 36.0. The number of carbonyl (C=O) groups excluding carboxylic acids is 8. The summed E-state index contributed by atoms with van der Waals surface area (Å²) < 4.78 is 93.0. The molecular formula is C114H172O24. The third kappa shape index (κ3) is 25.1. The Hall–Kier alpha value is -6.64. The largest absolute Gasteiger partial charge is 0.456 e. The van der Waals surface area contributed by atoms with Crippen molar-refractivity contribution in [2.45, 2.75) is 521 Å². The van der Waals surface area contributed by atoms with Crippen molar-refractivity contribution in [1.82, 2.24) is 0 Å². The van der Waals surface area contributed by atoms with Gasteiger partial charge in [0.1, 0.15) is 44.8 Å². The number of ether oxygens (including phenoxy) is 16. The Balaban J connectivity index is 0.000000133. The molecule has 16 bridgehead atoms. The van der Waals surface area contributed by atoms with Crippen molar-refractivity contribution in [3.63, 3.8) is 0 Å². The van der Waals surface area contributed by atoms with Gasteiger partial charge in [-0.05, 0) is 338 Å². The second-order valence-corrected chi connectivity index (χ2v) is 45.5. The van der Waals surface area contributed by atoms with Crippen LogP contribution in [0.25, 0.3) is 0 Å². The maximum atomic E-state index is 12.0. The van der Waals surface area contributed by atoms with E-state index in [2.05, 4.69) is 80.3 Å². The summed E-state index contributed by atoms with van der Waals surface area (Å²) in [5, 5.41) is 0. The quantitative estimate of drug-likeness (QED) is 0.0399. The highest BCUT2D eigenvalue weighted by molar-refractivity contribution is 5.89. The van der Waals surface area contributed by atoms with Gasteiger partial charge in [0, 0.05) is 93.9 Å². The van der Waals surface area contributed by atoms with Crippen molar-refractivity contribution in [2.75, 3.05) is 0 Å². The van der Waals surface area contributed by atoms with Crippen molar-refractivity contribution in [3.8, 4) is 0 Å². The van der Waals surface area contributed by atoms with Crippen LogP contribution < -0.4 is 0 Å². The van der Waals surface area contributed by atoms with Crippen molar-refractivity contribution >= 4 is 47.8 Å². The molecule has 4 aliphatic carbocycles. The smallest absolute Gasteiger partial charge is 0.333 e. The molecule has 16 heterocycles. The Bertz CT molecular complexity index is 4170. The summed E-state index contributed by atoms with van der Waals surface area (Å²) in [7, 11) is 0. The zero-order valence-electron chi connectivity index (χ0n) is 86.1. The highest BCUT2D eigenvalue weighted by Crippen LogP contribution is 2.58. The predicted molar refractivity (Wildman–Crippen MR) is 526 cm³/mol. The fourth-order valence-corrected chi connectivity index (χ4v) is 28.6. The first-order valence-corrected chi connectivity index (χ1v) is 54.0. The van der Waals surface area contributed by atoms with Gasteiger partial charge in [-0.1, -0.05) is 93.2 Å². The molecule has 0 radical (unpaired) electrons. The average molecular weight is 1930 g/mol. The standard InChI is InChI=1S/C16H24O3.2C15H22O3.C15H24O3.C14H20O3.C14H22O3.C13H20O3.C12H18O3/c1-11(2)15(17)19-16(8-4-3-5-9-16)13-10-12-6-7-14(13)18-12;1-10(2)14(16)18-15(7-3-4-8-15)12-9-11-5-6-13(12)17-11;1-2-14(16)18-15(8-4-3-5-9-15)12-10-11-6-7-13(12)17-11;1-5-15(6-2,18-14(16)10(3)4)12-9-11-7-8-13(12)17-11;1-2-13(15)17-14(7-3-4-8-14)11-9-10-5-6-12(11)16-10;1-4-13(15)17-14(5-2,6-3)11-9-10-7-8-12(11)16-10;1-8(2)12(14)16-13(3,4)10-7-9-5-6-11(10)15-9;1-4-11(13)15-12(2,3)9-7-8-5-6-10(9)14-8/h12-14H,1,3-10H2,2H3;11-13H,1,3-9H2,2H3;2,11-13H,1,3-10H2;11-13H,3,5-9H2,1-2,4H3;2,10-12H,1,3-9H2;4,10-12H,1,5-9H2,2-3H3;9-11H,1,5-7H2,2-4H3;4,8-10H,1,5-7H2,2-3H3. The van der Waals surface area contributed by atoms with E-state index in [0.29, 0.717) is 143 Å². The van der Waals surface area contributed by atoms with Crippen LogP contribution in [0, 0.1) is 47.3 Å². The van der Waals surface area contributed by atoms with E-state index in [-0.39, 0.29) is 106 Å². The predicted octanol–water partition coefficient (Wildman–Crippen LogP) is 22.5. The van der Waals surface area contributed by atoms with Crippen LogP contribution in [0.5, 0.6) is 0 Å². The van der Waals surface area contributed by atoms with Crippen molar-refractivity contribution in [1.29, 1.82) is 0 Å². The number of hydrogen-bond acceptors (Lipinski definition) is 24. The van der Waals surface area contributed by atoms with Gasteiger partial charge in [-0.3, -0.25) is 0 Å². The topological polar surface area (TPSA) is 284 Å². The van der Waals surface area contributed by atoms with Crippen LogP contribution in [0.15, 0.2) is 99.2 Å². The Morgan fingerprint density at radius 1 is 0.268 bits per heavy atom. The van der Waals surface area contributed by atoms with E-state index in [1.165, 1.54) is 75.7 Å². The third-order valence-corrected chi connectivity index (χ3v) is 36.0. The van der Waals surface area contributed by atoms with Gasteiger partial charge in [-0.2, -0.15) is 0 Å². The van der Waals surface area contributed by atoms with Gasteiger partial charge in [0.25, 0.3) is 0 Å². The molecule has 20 aliphatic rings. The van der Waals surface area contributed by atoms with E-state index >= 15 is 0 Å². The number of rotatable bonds is 28. The molecule has 20 fully saturated rings. The van der Waals surface area contributed by atoms with Crippen molar-refractivity contribution in [3.05, 3.63) is 99.2 Å². The van der Waals surface area contributed by atoms with Crippen LogP contribution in [0.2, 0.25) is 0 Å². The lowest BCUT2D eigenvalue weighted by Crippen LogP contribution is -2.48. The molecule has 0 aromatic rings. The van der Waals surface area contributed by atoms with E-state index in [9.17, 15) is 38.4 Å². The Labute approximate surface area is 824 Å². The summed E-state index contributed by atoms with van der Waals surface area (Å²) >= 11 is 0. The van der Waals surface area contributed by atoms with Gasteiger partial charge in [-0.25, -0.2) is 38.4 Å². The summed E-state index contributed by atoms with van der Waals surface area (Å²) in [6, 6.07) is 0. The Morgan fingerprint density at radius 2 is 0.486 bits per heavy atom. The molecule has 24 unspecified atom stereocenters. The molecule has 0 N–H and O–H groups in total. The molecule has 0 aromatic carbocycles. The van der Waals surface area contributed by atoms with Crippen LogP contribution >= 0.6 is 0 Å². The van der Waals surface area contributed by atoms with E-state index in [0.717, 1.165) is 244 Å². The van der Waals surface area contributed by atoms with E-state index < -0.39 is 11.2 Å². The average Bonchev–Trinajstić information content (AvgIpc) is 1.61.